The van der Waals surface area contributed by atoms with Crippen molar-refractivity contribution in [2.75, 3.05) is 4.72 Å². The molecular formula is C7H9N5O2S. The Hall–Kier alpha value is -1.83. The molecule has 7 nitrogen and oxygen atoms in total. The fraction of sp³-hybridized carbons (Fsp3) is 0.143. The second kappa shape index (κ2) is 3.39. The molecule has 3 N–H and O–H groups in total. The highest BCUT2D eigenvalue weighted by Gasteiger charge is 2.16. The molecule has 0 aliphatic rings. The average molecular weight is 227 g/mol. The van der Waals surface area contributed by atoms with Gasteiger partial charge in [0.2, 0.25) is 0 Å². The van der Waals surface area contributed by atoms with E-state index in [9.17, 15) is 8.42 Å². The van der Waals surface area contributed by atoms with Gasteiger partial charge in [0.1, 0.15) is 5.82 Å². The van der Waals surface area contributed by atoms with E-state index in [0.717, 1.165) is 5.56 Å². The third-order valence-electron chi connectivity index (χ3n) is 1.83. The molecule has 2 rings (SSSR count). The Balaban J connectivity index is 2.31. The topological polar surface area (TPSA) is 104 Å². The fourth-order valence-corrected chi connectivity index (χ4v) is 2.03. The zero-order valence-electron chi connectivity index (χ0n) is 7.85. The minimum absolute atomic E-state index is 0.0106. The maximum atomic E-state index is 11.7. The van der Waals surface area contributed by atoms with Gasteiger partial charge < -0.3 is 0 Å². The molecule has 0 spiro atoms. The molecule has 15 heavy (non-hydrogen) atoms. The predicted octanol–water partition coefficient (Wildman–Crippen LogP) is 0.242. The van der Waals surface area contributed by atoms with Gasteiger partial charge in [-0.3, -0.25) is 14.9 Å². The maximum Gasteiger partial charge on any atom is 0.279 e. The molecule has 8 heteroatoms. The summed E-state index contributed by atoms with van der Waals surface area (Å²) in [5, 5.41) is 12.2. The molecule has 0 aromatic carbocycles. The molecule has 0 fully saturated rings. The average Bonchev–Trinajstić information content (AvgIpc) is 2.77. The summed E-state index contributed by atoms with van der Waals surface area (Å²) in [6.45, 7) is 1.74. The van der Waals surface area contributed by atoms with E-state index in [1.54, 1.807) is 6.92 Å². The van der Waals surface area contributed by atoms with E-state index in [1.165, 1.54) is 18.5 Å². The number of nitrogens with one attached hydrogen (secondary N) is 3. The number of nitrogens with zero attached hydrogens (tertiary/aromatic N) is 2. The van der Waals surface area contributed by atoms with Crippen LogP contribution < -0.4 is 4.72 Å². The molecule has 0 bridgehead atoms. The molecule has 0 saturated heterocycles. The smallest absolute Gasteiger partial charge is 0.266 e. The van der Waals surface area contributed by atoms with Crippen molar-refractivity contribution in [3.63, 3.8) is 0 Å². The van der Waals surface area contributed by atoms with Crippen LogP contribution >= 0.6 is 0 Å². The van der Waals surface area contributed by atoms with Crippen LogP contribution in [0.1, 0.15) is 5.56 Å². The minimum Gasteiger partial charge on any atom is -0.266 e. The van der Waals surface area contributed by atoms with Crippen LogP contribution in [0.5, 0.6) is 0 Å². The SMILES string of the molecule is Cc1cn[nH]c1NS(=O)(=O)c1ccn[nH]1. The van der Waals surface area contributed by atoms with Crippen LogP contribution in [0.2, 0.25) is 0 Å². The Morgan fingerprint density at radius 1 is 1.33 bits per heavy atom. The zero-order valence-corrected chi connectivity index (χ0v) is 8.67. The second-order valence-electron chi connectivity index (χ2n) is 2.95. The van der Waals surface area contributed by atoms with Gasteiger partial charge in [0.05, 0.1) is 12.4 Å². The van der Waals surface area contributed by atoms with E-state index in [4.69, 9.17) is 0 Å². The van der Waals surface area contributed by atoms with Gasteiger partial charge in [0.15, 0.2) is 5.03 Å². The monoisotopic (exact) mass is 227 g/mol. The van der Waals surface area contributed by atoms with Crippen molar-refractivity contribution in [3.8, 4) is 0 Å². The van der Waals surface area contributed by atoms with Crippen LogP contribution in [-0.2, 0) is 10.0 Å². The molecule has 2 aromatic rings. The quantitative estimate of drug-likeness (QED) is 0.698. The van der Waals surface area contributed by atoms with Gasteiger partial charge in [-0.15, -0.1) is 0 Å². The van der Waals surface area contributed by atoms with E-state index < -0.39 is 10.0 Å². The lowest BCUT2D eigenvalue weighted by Gasteiger charge is -2.03. The number of hydrogen-bond acceptors (Lipinski definition) is 4. The lowest BCUT2D eigenvalue weighted by Crippen LogP contribution is -2.14. The van der Waals surface area contributed by atoms with E-state index in [1.807, 2.05) is 0 Å². The van der Waals surface area contributed by atoms with Crippen molar-refractivity contribution in [2.24, 2.45) is 0 Å². The first-order valence-corrected chi connectivity index (χ1v) is 5.60. The molecule has 2 aromatic heterocycles. The molecule has 80 valence electrons. The summed E-state index contributed by atoms with van der Waals surface area (Å²) in [6.07, 6.45) is 2.90. The first-order chi connectivity index (χ1) is 7.09. The Bertz CT molecular complexity index is 542. The molecule has 0 amide bonds. The predicted molar refractivity (Wildman–Crippen MR) is 52.7 cm³/mol. The number of aryl methyl sites for hydroxylation is 1. The highest BCUT2D eigenvalue weighted by Crippen LogP contribution is 2.14. The second-order valence-corrected chi connectivity index (χ2v) is 4.61. The normalized spacial score (nSPS) is 11.5. The van der Waals surface area contributed by atoms with Gasteiger partial charge in [-0.1, -0.05) is 0 Å². The molecule has 0 aliphatic carbocycles. The third-order valence-corrected chi connectivity index (χ3v) is 3.11. The summed E-state index contributed by atoms with van der Waals surface area (Å²) in [4.78, 5) is 0. The Labute approximate surface area is 86.0 Å². The molecule has 0 atom stereocenters. The lowest BCUT2D eigenvalue weighted by molar-refractivity contribution is 0.597. The van der Waals surface area contributed by atoms with Crippen LogP contribution in [0.15, 0.2) is 23.5 Å². The van der Waals surface area contributed by atoms with Crippen molar-refractivity contribution in [1.82, 2.24) is 20.4 Å². The van der Waals surface area contributed by atoms with Crippen molar-refractivity contribution >= 4 is 15.8 Å². The molecule has 0 radical (unpaired) electrons. The summed E-state index contributed by atoms with van der Waals surface area (Å²) < 4.78 is 25.7. The third kappa shape index (κ3) is 1.84. The van der Waals surface area contributed by atoms with Gasteiger partial charge >= 0.3 is 0 Å². The maximum absolute atomic E-state index is 11.7. The van der Waals surface area contributed by atoms with Crippen molar-refractivity contribution < 1.29 is 8.42 Å². The first kappa shape index (κ1) is 9.71. The number of aromatic nitrogens is 4. The zero-order chi connectivity index (χ0) is 10.9. The Morgan fingerprint density at radius 2 is 2.13 bits per heavy atom. The highest BCUT2D eigenvalue weighted by atomic mass is 32.2. The highest BCUT2D eigenvalue weighted by molar-refractivity contribution is 7.92. The molecule has 2 heterocycles. The van der Waals surface area contributed by atoms with Crippen LogP contribution in [0.25, 0.3) is 0 Å². The van der Waals surface area contributed by atoms with Crippen LogP contribution in [0.3, 0.4) is 0 Å². The number of H-pyrrole nitrogens is 2. The summed E-state index contributed by atoms with van der Waals surface area (Å²) in [6, 6.07) is 1.37. The lowest BCUT2D eigenvalue weighted by atomic mass is 10.4. The Kier molecular flexibility index (Phi) is 2.19. The Morgan fingerprint density at radius 3 is 2.67 bits per heavy atom. The molecule has 0 aliphatic heterocycles. The van der Waals surface area contributed by atoms with E-state index in [0.29, 0.717) is 5.82 Å². The van der Waals surface area contributed by atoms with Gasteiger partial charge in [-0.25, -0.2) is 0 Å². The summed E-state index contributed by atoms with van der Waals surface area (Å²) >= 11 is 0. The van der Waals surface area contributed by atoms with E-state index >= 15 is 0 Å². The standard InChI is InChI=1S/C7H9N5O2S/c1-5-4-9-11-7(5)12-15(13,14)6-2-3-8-10-6/h2-4H,1H3,(H,8,10)(H2,9,11,12). The van der Waals surface area contributed by atoms with Gasteiger partial charge in [-0.2, -0.15) is 18.6 Å². The van der Waals surface area contributed by atoms with Crippen LogP contribution in [-0.4, -0.2) is 28.8 Å². The summed E-state index contributed by atoms with van der Waals surface area (Å²) in [5.74, 6) is 0.351. The molecular weight excluding hydrogens is 218 g/mol. The molecule has 0 saturated carbocycles. The van der Waals surface area contributed by atoms with Gasteiger partial charge in [0, 0.05) is 5.56 Å². The van der Waals surface area contributed by atoms with Gasteiger partial charge in [-0.05, 0) is 13.0 Å². The van der Waals surface area contributed by atoms with E-state index in [-0.39, 0.29) is 5.03 Å². The van der Waals surface area contributed by atoms with E-state index in [2.05, 4.69) is 25.1 Å². The van der Waals surface area contributed by atoms with Crippen molar-refractivity contribution in [2.45, 2.75) is 11.9 Å². The number of hydrogen-bond donors (Lipinski definition) is 3. The number of sulfonamides is 1. The van der Waals surface area contributed by atoms with Crippen molar-refractivity contribution in [3.05, 3.63) is 24.0 Å². The first-order valence-electron chi connectivity index (χ1n) is 4.12. The fourth-order valence-electron chi connectivity index (χ4n) is 1.03. The van der Waals surface area contributed by atoms with Crippen LogP contribution in [0.4, 0.5) is 5.82 Å². The van der Waals surface area contributed by atoms with Crippen molar-refractivity contribution in [1.29, 1.82) is 0 Å². The van der Waals surface area contributed by atoms with Crippen LogP contribution in [0, 0.1) is 6.92 Å². The minimum atomic E-state index is -3.60. The summed E-state index contributed by atoms with van der Waals surface area (Å²) in [7, 11) is -3.60. The number of rotatable bonds is 3. The number of anilines is 1. The van der Waals surface area contributed by atoms with Gasteiger partial charge in [0.25, 0.3) is 10.0 Å². The molecule has 0 unspecified atom stereocenters. The largest absolute Gasteiger partial charge is 0.279 e. The number of aromatic amines is 2. The summed E-state index contributed by atoms with van der Waals surface area (Å²) in [5.41, 5.74) is 0.720.